The van der Waals surface area contributed by atoms with Crippen LogP contribution in [0, 0.1) is 0 Å². The molecular formula is C31H34N2P2. The first-order valence-electron chi connectivity index (χ1n) is 13.2. The minimum atomic E-state index is -0.530. The number of para-hydroxylation sites is 2. The van der Waals surface area contributed by atoms with Gasteiger partial charge in [0, 0.05) is 11.3 Å². The summed E-state index contributed by atoms with van der Waals surface area (Å²) >= 11 is 0. The molecular weight excluding hydrogens is 462 g/mol. The number of hydrogen-bond acceptors (Lipinski definition) is 2. The van der Waals surface area contributed by atoms with Gasteiger partial charge in [-0.1, -0.05) is 86.6 Å². The second-order valence-electron chi connectivity index (χ2n) is 10.1. The highest BCUT2D eigenvalue weighted by Crippen LogP contribution is 2.70. The Hall–Kier alpha value is -2.14. The zero-order valence-electron chi connectivity index (χ0n) is 20.7. The highest BCUT2D eigenvalue weighted by atomic mass is 31.1. The van der Waals surface area contributed by atoms with Crippen LogP contribution in [0.4, 0.5) is 0 Å². The van der Waals surface area contributed by atoms with E-state index in [0.717, 1.165) is 22.4 Å². The summed E-state index contributed by atoms with van der Waals surface area (Å²) in [6.07, 6.45) is 6.40. The maximum Gasteiger partial charge on any atom is 0.0909 e. The number of nitrogens with zero attached hydrogens (tertiary/aromatic N) is 2. The Morgan fingerprint density at radius 3 is 1.63 bits per heavy atom. The van der Waals surface area contributed by atoms with Crippen LogP contribution < -0.4 is 10.9 Å². The third-order valence-corrected chi connectivity index (χ3v) is 14.9. The van der Waals surface area contributed by atoms with Crippen LogP contribution in [0.25, 0.3) is 11.0 Å². The standard InChI is InChI=1S/C31H34N2P2/c1-3-25-19-18-22(2)34(25)30-31(33-27-17-11-10-16-26(27)32-30)35-28(23-12-6-4-7-13-23)20-21-29(35)24-14-8-5-9-15-24/h4-17,22,25,28-29H,3,18-21H2,1-2H3/t22-,25-,28+,29+,34?/m1/s1. The van der Waals surface area contributed by atoms with Gasteiger partial charge in [-0.15, -0.1) is 0 Å². The van der Waals surface area contributed by atoms with Crippen molar-refractivity contribution in [3.8, 4) is 0 Å². The molecule has 5 atom stereocenters. The Balaban J connectivity index is 1.57. The molecule has 3 aromatic carbocycles. The van der Waals surface area contributed by atoms with Crippen LogP contribution in [-0.4, -0.2) is 21.3 Å². The summed E-state index contributed by atoms with van der Waals surface area (Å²) in [6, 6.07) is 31.1. The fourth-order valence-electron chi connectivity index (χ4n) is 6.29. The third-order valence-electron chi connectivity index (χ3n) is 8.03. The molecule has 0 bridgehead atoms. The average Bonchev–Trinajstić information content (AvgIpc) is 3.52. The third kappa shape index (κ3) is 4.34. The van der Waals surface area contributed by atoms with E-state index < -0.39 is 7.92 Å². The number of aromatic nitrogens is 2. The number of benzene rings is 3. The first-order valence-corrected chi connectivity index (χ1v) is 16.1. The van der Waals surface area contributed by atoms with Gasteiger partial charge in [0.2, 0.25) is 0 Å². The van der Waals surface area contributed by atoms with E-state index in [4.69, 9.17) is 9.97 Å². The molecule has 2 fully saturated rings. The molecule has 0 spiro atoms. The van der Waals surface area contributed by atoms with E-state index >= 15 is 0 Å². The van der Waals surface area contributed by atoms with Crippen LogP contribution >= 0.6 is 15.8 Å². The first kappa shape index (κ1) is 23.3. The van der Waals surface area contributed by atoms with Crippen molar-refractivity contribution in [2.24, 2.45) is 0 Å². The fraction of sp³-hybridized carbons (Fsp3) is 0.355. The van der Waals surface area contributed by atoms with Crippen LogP contribution in [0.5, 0.6) is 0 Å². The van der Waals surface area contributed by atoms with Gasteiger partial charge in [-0.25, -0.2) is 9.97 Å². The molecule has 4 aromatic rings. The Labute approximate surface area is 212 Å². The normalized spacial score (nSPS) is 27.0. The van der Waals surface area contributed by atoms with Crippen molar-refractivity contribution >= 4 is 37.7 Å². The van der Waals surface area contributed by atoms with Crippen molar-refractivity contribution in [2.75, 3.05) is 0 Å². The van der Waals surface area contributed by atoms with E-state index in [0.29, 0.717) is 11.3 Å². The van der Waals surface area contributed by atoms with Crippen LogP contribution in [0.15, 0.2) is 84.9 Å². The van der Waals surface area contributed by atoms with Crippen molar-refractivity contribution < 1.29 is 0 Å². The number of fused-ring (bicyclic) bond motifs is 1. The zero-order chi connectivity index (χ0) is 23.8. The van der Waals surface area contributed by atoms with Crippen molar-refractivity contribution in [1.29, 1.82) is 0 Å². The summed E-state index contributed by atoms with van der Waals surface area (Å²) in [4.78, 5) is 11.0. The van der Waals surface area contributed by atoms with E-state index in [-0.39, 0.29) is 7.92 Å². The topological polar surface area (TPSA) is 25.8 Å². The number of hydrogen-bond donors (Lipinski definition) is 0. The lowest BCUT2D eigenvalue weighted by Gasteiger charge is -2.31. The summed E-state index contributed by atoms with van der Waals surface area (Å²) in [7, 11) is -0.839. The van der Waals surface area contributed by atoms with Gasteiger partial charge in [0.1, 0.15) is 0 Å². The predicted molar refractivity (Wildman–Crippen MR) is 153 cm³/mol. The lowest BCUT2D eigenvalue weighted by Crippen LogP contribution is -2.33. The Bertz CT molecular complexity index is 1250. The quantitative estimate of drug-likeness (QED) is 0.261. The highest BCUT2D eigenvalue weighted by molar-refractivity contribution is 7.73. The van der Waals surface area contributed by atoms with E-state index in [9.17, 15) is 0 Å². The molecule has 3 heterocycles. The van der Waals surface area contributed by atoms with Crippen molar-refractivity contribution in [1.82, 2.24) is 9.97 Å². The van der Waals surface area contributed by atoms with Gasteiger partial charge < -0.3 is 0 Å². The van der Waals surface area contributed by atoms with Crippen LogP contribution in [0.1, 0.15) is 68.4 Å². The predicted octanol–water partition coefficient (Wildman–Crippen LogP) is 8.08. The van der Waals surface area contributed by atoms with Crippen LogP contribution in [0.3, 0.4) is 0 Å². The first-order chi connectivity index (χ1) is 17.2. The highest BCUT2D eigenvalue weighted by Gasteiger charge is 2.44. The van der Waals surface area contributed by atoms with Gasteiger partial charge in [0.15, 0.2) is 0 Å². The number of rotatable bonds is 5. The lowest BCUT2D eigenvalue weighted by atomic mass is 10.0. The van der Waals surface area contributed by atoms with E-state index in [1.807, 2.05) is 0 Å². The molecule has 0 amide bonds. The van der Waals surface area contributed by atoms with Crippen molar-refractivity contribution in [3.05, 3.63) is 96.1 Å². The van der Waals surface area contributed by atoms with Crippen LogP contribution in [-0.2, 0) is 0 Å². The van der Waals surface area contributed by atoms with E-state index in [1.54, 1.807) is 0 Å². The molecule has 1 aromatic heterocycles. The Kier molecular flexibility index (Phi) is 6.70. The van der Waals surface area contributed by atoms with Gasteiger partial charge in [0.05, 0.1) is 21.9 Å². The molecule has 178 valence electrons. The molecule has 6 rings (SSSR count). The molecule has 2 saturated heterocycles. The minimum Gasteiger partial charge on any atom is -0.244 e. The fourth-order valence-corrected chi connectivity index (χ4v) is 13.6. The van der Waals surface area contributed by atoms with E-state index in [2.05, 4.69) is 98.8 Å². The molecule has 0 radical (unpaired) electrons. The second-order valence-corrected chi connectivity index (χ2v) is 15.4. The summed E-state index contributed by atoms with van der Waals surface area (Å²) in [6.45, 7) is 4.86. The second kappa shape index (κ2) is 10.1. The Morgan fingerprint density at radius 2 is 1.11 bits per heavy atom. The molecule has 0 N–H and O–H groups in total. The summed E-state index contributed by atoms with van der Waals surface area (Å²) in [5, 5.41) is 0. The molecule has 2 nitrogen and oxygen atoms in total. The average molecular weight is 497 g/mol. The molecule has 0 aliphatic carbocycles. The maximum absolute atomic E-state index is 5.54. The molecule has 4 heteroatoms. The largest absolute Gasteiger partial charge is 0.244 e. The Morgan fingerprint density at radius 1 is 0.629 bits per heavy atom. The molecule has 2 aliphatic heterocycles. The van der Waals surface area contributed by atoms with Gasteiger partial charge >= 0.3 is 0 Å². The zero-order valence-corrected chi connectivity index (χ0v) is 22.5. The van der Waals surface area contributed by atoms with Gasteiger partial charge in [-0.05, 0) is 82.5 Å². The monoisotopic (exact) mass is 496 g/mol. The molecule has 1 unspecified atom stereocenters. The SMILES string of the molecule is CC[C@@H]1CC[C@@H](C)P1c1nc2ccccc2nc1P1[C@H](c2ccccc2)CC[C@H]1c1ccccc1. The summed E-state index contributed by atoms with van der Waals surface area (Å²) < 4.78 is 0. The smallest absolute Gasteiger partial charge is 0.0909 e. The maximum atomic E-state index is 5.54. The van der Waals surface area contributed by atoms with Crippen molar-refractivity contribution in [3.63, 3.8) is 0 Å². The van der Waals surface area contributed by atoms with Gasteiger partial charge in [-0.3, -0.25) is 0 Å². The molecule has 2 aliphatic rings. The lowest BCUT2D eigenvalue weighted by molar-refractivity contribution is 0.726. The van der Waals surface area contributed by atoms with E-state index in [1.165, 1.54) is 54.1 Å². The van der Waals surface area contributed by atoms with Gasteiger partial charge in [0.25, 0.3) is 0 Å². The molecule has 35 heavy (non-hydrogen) atoms. The van der Waals surface area contributed by atoms with Gasteiger partial charge in [-0.2, -0.15) is 0 Å². The minimum absolute atomic E-state index is 0.308. The summed E-state index contributed by atoms with van der Waals surface area (Å²) in [5.41, 5.74) is 10.5. The molecule has 0 saturated carbocycles. The van der Waals surface area contributed by atoms with Crippen molar-refractivity contribution in [2.45, 2.75) is 68.6 Å². The summed E-state index contributed by atoms with van der Waals surface area (Å²) in [5.74, 6) is 0. The van der Waals surface area contributed by atoms with Crippen LogP contribution in [0.2, 0.25) is 0 Å².